The number of ether oxygens (including phenoxy) is 5. The predicted octanol–water partition coefficient (Wildman–Crippen LogP) is 4.94. The second-order valence-corrected chi connectivity index (χ2v) is 19.5. The number of primary amides is 1. The molecule has 3 aliphatic rings. The number of carbonyl (C=O) groups excluding carboxylic acids is 5. The quantitative estimate of drug-likeness (QED) is 0.111. The zero-order valence-electron chi connectivity index (χ0n) is 34.8. The number of nitrogens with two attached hydrogens (primary N) is 1. The second kappa shape index (κ2) is 19.3. The van der Waals surface area contributed by atoms with Gasteiger partial charge in [-0.15, -0.1) is 0 Å². The van der Waals surface area contributed by atoms with Crippen LogP contribution in [0.2, 0.25) is 5.02 Å². The van der Waals surface area contributed by atoms with Gasteiger partial charge in [0, 0.05) is 56.9 Å². The Morgan fingerprint density at radius 1 is 1.24 bits per heavy atom. The van der Waals surface area contributed by atoms with Crippen LogP contribution in [0.1, 0.15) is 72.8 Å². The number of hydrogen-bond donors (Lipinski definition) is 3. The predicted molar refractivity (Wildman–Crippen MR) is 224 cm³/mol. The number of hydrogen-bond acceptors (Lipinski definition) is 13. The lowest BCUT2D eigenvalue weighted by Crippen LogP contribution is -2.63. The number of likely N-dealkylation sites (N-methyl/N-ethyl adjacent to an activating group) is 1. The number of rotatable bonds is 12. The highest BCUT2D eigenvalue weighted by molar-refractivity contribution is 8.77. The van der Waals surface area contributed by atoms with Gasteiger partial charge in [-0.1, -0.05) is 63.9 Å². The van der Waals surface area contributed by atoms with E-state index in [1.54, 1.807) is 52.1 Å². The van der Waals surface area contributed by atoms with Gasteiger partial charge in [0.25, 0.3) is 0 Å². The van der Waals surface area contributed by atoms with Crippen LogP contribution < -0.4 is 20.7 Å². The topological polar surface area (TPSA) is 200 Å². The van der Waals surface area contributed by atoms with Crippen LogP contribution in [-0.2, 0) is 44.5 Å². The molecule has 58 heavy (non-hydrogen) atoms. The first-order valence-corrected chi connectivity index (χ1v) is 21.7. The van der Waals surface area contributed by atoms with Crippen molar-refractivity contribution in [1.29, 1.82) is 0 Å². The Labute approximate surface area is 353 Å². The van der Waals surface area contributed by atoms with E-state index < -0.39 is 76.3 Å². The van der Waals surface area contributed by atoms with E-state index >= 15 is 0 Å². The van der Waals surface area contributed by atoms with E-state index in [0.717, 1.165) is 11.1 Å². The van der Waals surface area contributed by atoms with Crippen LogP contribution in [0.15, 0.2) is 35.9 Å². The van der Waals surface area contributed by atoms with Crippen molar-refractivity contribution in [2.24, 2.45) is 11.7 Å². The van der Waals surface area contributed by atoms with Crippen LogP contribution in [0.5, 0.6) is 5.75 Å². The molecule has 0 aliphatic carbocycles. The number of halogens is 1. The molecule has 15 nitrogen and oxygen atoms in total. The highest BCUT2D eigenvalue weighted by atomic mass is 35.5. The maximum absolute atomic E-state index is 14.2. The van der Waals surface area contributed by atoms with Crippen LogP contribution in [0.3, 0.4) is 0 Å². The molecule has 2 saturated heterocycles. The number of aliphatic hydroxyl groups is 1. The number of nitrogens with zero attached hydrogens (tertiary/aromatic N) is 2. The van der Waals surface area contributed by atoms with Crippen molar-refractivity contribution < 1.29 is 52.8 Å². The van der Waals surface area contributed by atoms with Crippen molar-refractivity contribution in [2.45, 2.75) is 120 Å². The summed E-state index contributed by atoms with van der Waals surface area (Å²) in [5.74, 6) is -1.63. The molecule has 4 N–H and O–H groups in total. The molecular weight excluding hydrogens is 812 g/mol. The molecule has 2 fully saturated rings. The minimum absolute atomic E-state index is 0.0696. The highest BCUT2D eigenvalue weighted by Crippen LogP contribution is 2.49. The first kappa shape index (κ1) is 47.2. The van der Waals surface area contributed by atoms with Gasteiger partial charge in [0.1, 0.15) is 40.7 Å². The number of benzene rings is 1. The van der Waals surface area contributed by atoms with Gasteiger partial charge in [0.15, 0.2) is 5.72 Å². The molecule has 4 bridgehead atoms. The van der Waals surface area contributed by atoms with E-state index in [0.29, 0.717) is 23.6 Å². The largest absolute Gasteiger partial charge is 0.495 e. The third-order valence-corrected chi connectivity index (χ3v) is 14.5. The maximum Gasteiger partial charge on any atom is 0.409 e. The zero-order chi connectivity index (χ0) is 43.3. The highest BCUT2D eigenvalue weighted by Gasteiger charge is 2.64. The minimum Gasteiger partial charge on any atom is -0.495 e. The summed E-state index contributed by atoms with van der Waals surface area (Å²) in [6.45, 7) is 10.7. The van der Waals surface area contributed by atoms with E-state index in [9.17, 15) is 29.1 Å². The molecular formula is C40H57ClN4O11S2. The van der Waals surface area contributed by atoms with Crippen LogP contribution in [0.25, 0.3) is 0 Å². The Morgan fingerprint density at radius 2 is 1.93 bits per heavy atom. The zero-order valence-corrected chi connectivity index (χ0v) is 37.2. The van der Waals surface area contributed by atoms with E-state index in [4.69, 9.17) is 41.0 Å². The summed E-state index contributed by atoms with van der Waals surface area (Å²) in [5, 5.41) is 14.5. The molecule has 3 heterocycles. The fourth-order valence-electron chi connectivity index (χ4n) is 7.08. The Kier molecular flexibility index (Phi) is 15.7. The van der Waals surface area contributed by atoms with E-state index in [2.05, 4.69) is 5.32 Å². The summed E-state index contributed by atoms with van der Waals surface area (Å²) >= 11 is 6.78. The first-order valence-electron chi connectivity index (χ1n) is 19.0. The number of nitrogens with one attached hydrogen (secondary N) is 1. The van der Waals surface area contributed by atoms with Crippen molar-refractivity contribution in [3.05, 3.63) is 46.5 Å². The molecule has 0 aromatic heterocycles. The first-order chi connectivity index (χ1) is 27.0. The SMILES string of the molecule is COc1cc2cc(c1Cl)N(C)C(=O)C[C@H](OC(=O)[C@H](C)N(C)C(=O)CC(C)(C)SSCCC(N)=O)[C@@]1(C)O[C@H]1[C@H](C)[C@@H]1C[C@@](O)(NC(=O)O1)[C@H](OC)/C=C/C=C(\C)C2. The molecule has 8 atom stereocenters. The maximum atomic E-state index is 14.2. The summed E-state index contributed by atoms with van der Waals surface area (Å²) in [4.78, 5) is 68.4. The van der Waals surface area contributed by atoms with Crippen LogP contribution in [-0.4, -0.2) is 120 Å². The monoisotopic (exact) mass is 868 g/mol. The molecule has 0 spiro atoms. The standard InChI is InChI=1S/C40H57ClN4O11S2/c1-22-12-11-13-29(53-10)40(51)20-28(54-37(50)43-40)23(2)35-39(6,56-35)30(19-32(47)45(8)26-17-25(16-22)18-27(52-9)34(26)41)55-36(49)24(3)44(7)33(48)21-38(4,5)58-57-15-14-31(42)46/h11-13,17-18,23-24,28-30,35,51H,14-16,19-21H2,1-10H3,(H2,42,46)(H,43,50)/b13-11+,22-12+/t23-,24+,28+,29-,30+,35+,39-,40+/m1/s1. The van der Waals surface area contributed by atoms with E-state index in [1.807, 2.05) is 26.8 Å². The van der Waals surface area contributed by atoms with Gasteiger partial charge >= 0.3 is 12.1 Å². The number of epoxide rings is 1. The number of fused-ring (bicyclic) bond motifs is 5. The second-order valence-electron chi connectivity index (χ2n) is 16.0. The lowest BCUT2D eigenvalue weighted by molar-refractivity contribution is -0.162. The number of anilines is 1. The number of carbonyl (C=O) groups is 5. The third kappa shape index (κ3) is 11.4. The van der Waals surface area contributed by atoms with Crippen LogP contribution in [0.4, 0.5) is 10.5 Å². The number of alkyl carbamates (subject to hydrolysis) is 1. The lowest BCUT2D eigenvalue weighted by atomic mass is 9.83. The molecule has 1 aromatic rings. The number of methoxy groups -OCH3 is 2. The molecule has 4 rings (SSSR count). The van der Waals surface area contributed by atoms with Gasteiger partial charge in [-0.25, -0.2) is 9.59 Å². The molecule has 1 aromatic carbocycles. The number of allylic oxidation sites excluding steroid dienone is 3. The summed E-state index contributed by atoms with van der Waals surface area (Å²) < 4.78 is 28.8. The van der Waals surface area contributed by atoms with Crippen molar-refractivity contribution in [1.82, 2.24) is 10.2 Å². The smallest absolute Gasteiger partial charge is 0.409 e. The average molecular weight is 870 g/mol. The molecule has 322 valence electrons. The molecule has 0 unspecified atom stereocenters. The van der Waals surface area contributed by atoms with Gasteiger partial charge in [-0.3, -0.25) is 19.7 Å². The van der Waals surface area contributed by atoms with Crippen molar-refractivity contribution in [3.8, 4) is 5.75 Å². The molecule has 18 heteroatoms. The summed E-state index contributed by atoms with van der Waals surface area (Å²) in [6.07, 6.45) is 1.02. The minimum atomic E-state index is -1.85. The van der Waals surface area contributed by atoms with Crippen molar-refractivity contribution in [2.75, 3.05) is 39.0 Å². The molecule has 3 aliphatic heterocycles. The van der Waals surface area contributed by atoms with Gasteiger partial charge in [-0.05, 0) is 58.7 Å². The third-order valence-electron chi connectivity index (χ3n) is 10.8. The van der Waals surface area contributed by atoms with Crippen LogP contribution >= 0.6 is 33.2 Å². The van der Waals surface area contributed by atoms with Crippen molar-refractivity contribution in [3.63, 3.8) is 0 Å². The van der Waals surface area contributed by atoms with Gasteiger partial charge in [0.2, 0.25) is 17.7 Å². The summed E-state index contributed by atoms with van der Waals surface area (Å²) in [5.41, 5.74) is 4.23. The van der Waals surface area contributed by atoms with Gasteiger partial charge in [0.05, 0.1) is 25.3 Å². The fraction of sp³-hybridized carbons (Fsp3) is 0.625. The Hall–Kier alpha value is -3.48. The normalized spacial score (nSPS) is 29.8. The van der Waals surface area contributed by atoms with Gasteiger partial charge in [-0.2, -0.15) is 0 Å². The number of amides is 4. The average Bonchev–Trinajstić information content (AvgIpc) is 3.85. The Bertz CT molecular complexity index is 1800. The Balaban J connectivity index is 1.67. The van der Waals surface area contributed by atoms with E-state index in [1.165, 1.54) is 52.7 Å². The summed E-state index contributed by atoms with van der Waals surface area (Å²) in [7, 11) is 8.87. The van der Waals surface area contributed by atoms with Crippen molar-refractivity contribution >= 4 is 68.7 Å². The Morgan fingerprint density at radius 3 is 2.57 bits per heavy atom. The lowest BCUT2D eigenvalue weighted by Gasteiger charge is -2.42. The van der Waals surface area contributed by atoms with Crippen LogP contribution in [0, 0.1) is 5.92 Å². The summed E-state index contributed by atoms with van der Waals surface area (Å²) in [6, 6.07) is 2.52. The molecule has 0 radical (unpaired) electrons. The number of esters is 1. The van der Waals surface area contributed by atoms with Gasteiger partial charge < -0.3 is 44.3 Å². The fourth-order valence-corrected chi connectivity index (χ4v) is 9.90. The molecule has 4 amide bonds. The van der Waals surface area contributed by atoms with E-state index in [-0.39, 0.29) is 36.6 Å². The molecule has 0 saturated carbocycles.